The number of nitrogens with one attached hydrogen (secondary N) is 1. The lowest BCUT2D eigenvalue weighted by molar-refractivity contribution is 0.0501. The lowest BCUT2D eigenvalue weighted by Crippen LogP contribution is -2.56. The monoisotopic (exact) mass is 402 g/mol. The van der Waals surface area contributed by atoms with E-state index in [1.165, 1.54) is 4.31 Å². The summed E-state index contributed by atoms with van der Waals surface area (Å²) in [6.07, 6.45) is 0.157. The highest BCUT2D eigenvalue weighted by molar-refractivity contribution is 7.89. The van der Waals surface area contributed by atoms with Crippen LogP contribution >= 0.6 is 0 Å². The number of nitrogens with zero attached hydrogens (tertiary/aromatic N) is 1. The van der Waals surface area contributed by atoms with Crippen LogP contribution in [0, 0.1) is 0 Å². The molecule has 6 nitrogen and oxygen atoms in total. The van der Waals surface area contributed by atoms with Crippen LogP contribution in [0.2, 0.25) is 0 Å². The first kappa shape index (κ1) is 20.4. The summed E-state index contributed by atoms with van der Waals surface area (Å²) in [5, 5.41) is 2.67. The smallest absolute Gasteiger partial charge is 0.407 e. The molecule has 0 aliphatic carbocycles. The Morgan fingerprint density at radius 3 is 2.36 bits per heavy atom. The number of ether oxygens (including phenoxy) is 1. The Hall–Kier alpha value is -2.38. The van der Waals surface area contributed by atoms with Gasteiger partial charge in [0.2, 0.25) is 10.0 Å². The fourth-order valence-corrected chi connectivity index (χ4v) is 5.01. The number of carbonyl (C=O) groups excluding carboxylic acids is 1. The molecule has 0 aromatic heterocycles. The maximum atomic E-state index is 13.3. The number of carbonyl (C=O) groups is 1. The molecule has 0 spiro atoms. The summed E-state index contributed by atoms with van der Waals surface area (Å²) in [5.41, 5.74) is 0.934. The zero-order valence-electron chi connectivity index (χ0n) is 16.4. The van der Waals surface area contributed by atoms with Gasteiger partial charge in [-0.15, -0.1) is 0 Å². The van der Waals surface area contributed by atoms with Gasteiger partial charge in [0.05, 0.1) is 4.90 Å². The van der Waals surface area contributed by atoms with Gasteiger partial charge in [0, 0.05) is 24.7 Å². The fraction of sp³-hybridized carbons (Fsp3) is 0.381. The van der Waals surface area contributed by atoms with Crippen LogP contribution < -0.4 is 5.32 Å². The predicted octanol–water partition coefficient (Wildman–Crippen LogP) is 3.64. The molecule has 2 aromatic rings. The van der Waals surface area contributed by atoms with E-state index in [1.54, 1.807) is 32.9 Å². The van der Waals surface area contributed by atoms with Crippen molar-refractivity contribution in [1.29, 1.82) is 0 Å². The van der Waals surface area contributed by atoms with Gasteiger partial charge in [0.15, 0.2) is 0 Å². The van der Waals surface area contributed by atoms with Crippen LogP contribution in [-0.4, -0.2) is 43.5 Å². The molecule has 0 bridgehead atoms. The molecule has 1 amide bonds. The van der Waals surface area contributed by atoms with Crippen molar-refractivity contribution >= 4 is 16.1 Å². The van der Waals surface area contributed by atoms with Crippen molar-refractivity contribution in [2.24, 2.45) is 0 Å². The van der Waals surface area contributed by atoms with E-state index < -0.39 is 21.7 Å². The Bertz CT molecular complexity index is 936. The molecule has 1 N–H and O–H groups in total. The summed E-state index contributed by atoms with van der Waals surface area (Å²) in [7, 11) is -3.67. The van der Waals surface area contributed by atoms with Gasteiger partial charge in [0.1, 0.15) is 5.60 Å². The van der Waals surface area contributed by atoms with Crippen LogP contribution in [-0.2, 0) is 14.8 Å². The van der Waals surface area contributed by atoms with Gasteiger partial charge in [-0.2, -0.15) is 4.31 Å². The first-order chi connectivity index (χ1) is 13.2. The molecule has 1 fully saturated rings. The average molecular weight is 403 g/mol. The second-order valence-electron chi connectivity index (χ2n) is 7.80. The molecule has 0 radical (unpaired) electrons. The van der Waals surface area contributed by atoms with Gasteiger partial charge in [-0.05, 0) is 38.8 Å². The number of rotatable bonds is 5. The largest absolute Gasteiger partial charge is 0.444 e. The van der Waals surface area contributed by atoms with E-state index in [9.17, 15) is 13.2 Å². The molecule has 3 rings (SSSR count). The van der Waals surface area contributed by atoms with Gasteiger partial charge in [0.25, 0.3) is 0 Å². The molecule has 150 valence electrons. The van der Waals surface area contributed by atoms with Crippen molar-refractivity contribution in [3.05, 3.63) is 54.6 Å². The molecular formula is C21H26N2O4S. The summed E-state index contributed by atoms with van der Waals surface area (Å²) in [6, 6.07) is 16.2. The van der Waals surface area contributed by atoms with Gasteiger partial charge in [-0.25, -0.2) is 13.2 Å². The van der Waals surface area contributed by atoms with Crippen molar-refractivity contribution in [2.45, 2.75) is 43.7 Å². The minimum atomic E-state index is -3.67. The molecule has 0 saturated carbocycles. The van der Waals surface area contributed by atoms with Crippen molar-refractivity contribution in [3.8, 4) is 11.1 Å². The topological polar surface area (TPSA) is 75.7 Å². The van der Waals surface area contributed by atoms with Crippen molar-refractivity contribution < 1.29 is 17.9 Å². The molecule has 1 atom stereocenters. The normalized spacial score (nSPS) is 17.6. The first-order valence-corrected chi connectivity index (χ1v) is 10.8. The Morgan fingerprint density at radius 1 is 1.11 bits per heavy atom. The molecular weight excluding hydrogens is 376 g/mol. The fourth-order valence-electron chi connectivity index (χ4n) is 3.13. The third kappa shape index (κ3) is 4.54. The number of alkyl carbamates (subject to hydrolysis) is 1. The second-order valence-corrected chi connectivity index (χ2v) is 9.66. The number of hydrogen-bond acceptors (Lipinski definition) is 4. The molecule has 2 aromatic carbocycles. The quantitative estimate of drug-likeness (QED) is 0.828. The summed E-state index contributed by atoms with van der Waals surface area (Å²) < 4.78 is 33.2. The highest BCUT2D eigenvalue weighted by Gasteiger charge is 2.39. The summed E-state index contributed by atoms with van der Waals surface area (Å²) in [5.74, 6) is 0. The molecule has 1 saturated heterocycles. The summed E-state index contributed by atoms with van der Waals surface area (Å²) in [6.45, 7) is 6.02. The zero-order chi connectivity index (χ0) is 20.4. The molecule has 1 heterocycles. The zero-order valence-corrected chi connectivity index (χ0v) is 17.2. The average Bonchev–Trinajstić information content (AvgIpc) is 2.60. The van der Waals surface area contributed by atoms with E-state index in [0.717, 1.165) is 5.56 Å². The molecule has 1 aliphatic heterocycles. The minimum absolute atomic E-state index is 0.224. The highest BCUT2D eigenvalue weighted by Crippen LogP contribution is 2.33. The van der Waals surface area contributed by atoms with Gasteiger partial charge in [-0.3, -0.25) is 0 Å². The standard InChI is InChI=1S/C21H26N2O4S/c1-21(2,3)27-20(24)22-15-17-13-14-23(17)28(25,26)19-12-8-7-11-18(19)16-9-5-4-6-10-16/h4-12,17H,13-15H2,1-3H3,(H,22,24). The third-order valence-electron chi connectivity index (χ3n) is 4.53. The van der Waals surface area contributed by atoms with Gasteiger partial charge in [-0.1, -0.05) is 48.5 Å². The molecule has 28 heavy (non-hydrogen) atoms. The maximum absolute atomic E-state index is 13.3. The lowest BCUT2D eigenvalue weighted by atomic mass is 10.1. The Labute approximate surface area is 166 Å². The second kappa shape index (κ2) is 7.93. The number of amides is 1. The Balaban J connectivity index is 1.76. The van der Waals surface area contributed by atoms with Crippen LogP contribution in [0.25, 0.3) is 11.1 Å². The van der Waals surface area contributed by atoms with Crippen LogP contribution in [0.3, 0.4) is 0 Å². The number of hydrogen-bond donors (Lipinski definition) is 1. The Kier molecular flexibility index (Phi) is 5.76. The number of benzene rings is 2. The van der Waals surface area contributed by atoms with Crippen LogP contribution in [0.15, 0.2) is 59.5 Å². The van der Waals surface area contributed by atoms with Gasteiger partial charge < -0.3 is 10.1 Å². The van der Waals surface area contributed by atoms with Crippen molar-refractivity contribution in [1.82, 2.24) is 9.62 Å². The van der Waals surface area contributed by atoms with E-state index in [1.807, 2.05) is 42.5 Å². The van der Waals surface area contributed by atoms with E-state index >= 15 is 0 Å². The maximum Gasteiger partial charge on any atom is 0.407 e. The summed E-state index contributed by atoms with van der Waals surface area (Å²) in [4.78, 5) is 12.1. The van der Waals surface area contributed by atoms with Gasteiger partial charge >= 0.3 is 6.09 Å². The van der Waals surface area contributed by atoms with E-state index in [0.29, 0.717) is 18.5 Å². The van der Waals surface area contributed by atoms with E-state index in [-0.39, 0.29) is 17.5 Å². The molecule has 1 unspecified atom stereocenters. The minimum Gasteiger partial charge on any atom is -0.444 e. The number of sulfonamides is 1. The predicted molar refractivity (Wildman–Crippen MR) is 108 cm³/mol. The van der Waals surface area contributed by atoms with Crippen LogP contribution in [0.1, 0.15) is 27.2 Å². The third-order valence-corrected chi connectivity index (χ3v) is 6.54. The SMILES string of the molecule is CC(C)(C)OC(=O)NCC1CCN1S(=O)(=O)c1ccccc1-c1ccccc1. The highest BCUT2D eigenvalue weighted by atomic mass is 32.2. The van der Waals surface area contributed by atoms with Crippen LogP contribution in [0.4, 0.5) is 4.79 Å². The lowest BCUT2D eigenvalue weighted by Gasteiger charge is -2.40. The van der Waals surface area contributed by atoms with E-state index in [4.69, 9.17) is 4.74 Å². The Morgan fingerprint density at radius 2 is 1.75 bits per heavy atom. The summed E-state index contributed by atoms with van der Waals surface area (Å²) >= 11 is 0. The molecule has 7 heteroatoms. The molecule has 1 aliphatic rings. The van der Waals surface area contributed by atoms with E-state index in [2.05, 4.69) is 5.32 Å². The van der Waals surface area contributed by atoms with Crippen molar-refractivity contribution in [3.63, 3.8) is 0 Å². The van der Waals surface area contributed by atoms with Crippen LogP contribution in [0.5, 0.6) is 0 Å². The first-order valence-electron chi connectivity index (χ1n) is 9.31. The van der Waals surface area contributed by atoms with Crippen molar-refractivity contribution in [2.75, 3.05) is 13.1 Å².